The zero-order valence-corrected chi connectivity index (χ0v) is 14.1. The van der Waals surface area contributed by atoms with Crippen molar-refractivity contribution in [3.63, 3.8) is 0 Å². The minimum atomic E-state index is 0.417. The molecule has 0 radical (unpaired) electrons. The van der Waals surface area contributed by atoms with Crippen molar-refractivity contribution in [3.8, 4) is 5.75 Å². The van der Waals surface area contributed by atoms with Crippen LogP contribution in [0.1, 0.15) is 18.0 Å². The summed E-state index contributed by atoms with van der Waals surface area (Å²) in [5.41, 5.74) is 1.36. The summed E-state index contributed by atoms with van der Waals surface area (Å²) in [5, 5.41) is 3.77. The fraction of sp³-hybridized carbons (Fsp3) is 0.647. The Hall–Kier alpha value is -0.750. The maximum absolute atomic E-state index is 5.51. The van der Waals surface area contributed by atoms with Gasteiger partial charge >= 0.3 is 0 Å². The highest BCUT2D eigenvalue weighted by atomic mass is 32.2. The van der Waals surface area contributed by atoms with E-state index in [4.69, 9.17) is 9.47 Å². The largest absolute Gasteiger partial charge is 0.497 e. The summed E-state index contributed by atoms with van der Waals surface area (Å²) in [5.74, 6) is 3.46. The number of nitrogens with one attached hydrogen (secondary N) is 1. The van der Waals surface area contributed by atoms with Crippen LogP contribution in [-0.4, -0.2) is 62.4 Å². The lowest BCUT2D eigenvalue weighted by Gasteiger charge is -2.35. The number of thioether (sulfide) groups is 1. The highest BCUT2D eigenvalue weighted by Crippen LogP contribution is 2.25. The molecule has 2 aliphatic rings. The Bertz CT molecular complexity index is 442. The second kappa shape index (κ2) is 8.20. The summed E-state index contributed by atoms with van der Waals surface area (Å²) in [6.07, 6.45) is 1.29. The molecule has 0 spiro atoms. The van der Waals surface area contributed by atoms with Crippen LogP contribution in [-0.2, 0) is 4.74 Å². The highest BCUT2D eigenvalue weighted by Gasteiger charge is 2.24. The molecule has 22 heavy (non-hydrogen) atoms. The Labute approximate surface area is 137 Å². The fourth-order valence-electron chi connectivity index (χ4n) is 3.15. The Morgan fingerprint density at radius 1 is 1.32 bits per heavy atom. The van der Waals surface area contributed by atoms with Gasteiger partial charge in [0.05, 0.1) is 20.3 Å². The van der Waals surface area contributed by atoms with Crippen LogP contribution in [0, 0.1) is 0 Å². The van der Waals surface area contributed by atoms with Gasteiger partial charge in [-0.1, -0.05) is 12.1 Å². The SMILES string of the molecule is COc1ccc(C(CNC2CCSC2)N2CCOCC2)cc1. The molecule has 2 saturated heterocycles. The normalized spacial score (nSPS) is 24.3. The lowest BCUT2D eigenvalue weighted by Crippen LogP contribution is -2.44. The average molecular weight is 322 g/mol. The number of methoxy groups -OCH3 is 1. The molecule has 0 amide bonds. The molecule has 122 valence electrons. The van der Waals surface area contributed by atoms with Gasteiger partial charge in [0.25, 0.3) is 0 Å². The molecule has 3 rings (SSSR count). The molecule has 2 unspecified atom stereocenters. The summed E-state index contributed by atoms with van der Waals surface area (Å²) < 4.78 is 10.8. The fourth-order valence-corrected chi connectivity index (χ4v) is 4.33. The van der Waals surface area contributed by atoms with Crippen molar-refractivity contribution >= 4 is 11.8 Å². The van der Waals surface area contributed by atoms with E-state index in [0.717, 1.165) is 38.6 Å². The second-order valence-electron chi connectivity index (χ2n) is 5.91. The van der Waals surface area contributed by atoms with E-state index < -0.39 is 0 Å². The molecular weight excluding hydrogens is 296 g/mol. The molecule has 5 heteroatoms. The maximum atomic E-state index is 5.51. The van der Waals surface area contributed by atoms with E-state index >= 15 is 0 Å². The molecule has 0 aliphatic carbocycles. The number of nitrogens with zero attached hydrogens (tertiary/aromatic N) is 1. The third-order valence-electron chi connectivity index (χ3n) is 4.52. The average Bonchev–Trinajstić information content (AvgIpc) is 3.10. The minimum absolute atomic E-state index is 0.417. The number of rotatable bonds is 6. The molecule has 4 nitrogen and oxygen atoms in total. The second-order valence-corrected chi connectivity index (χ2v) is 7.06. The van der Waals surface area contributed by atoms with Crippen LogP contribution in [0.5, 0.6) is 5.75 Å². The van der Waals surface area contributed by atoms with Gasteiger partial charge in [0, 0.05) is 37.5 Å². The van der Waals surface area contributed by atoms with Crippen molar-refractivity contribution in [2.24, 2.45) is 0 Å². The quantitative estimate of drug-likeness (QED) is 0.868. The first-order valence-corrected chi connectivity index (χ1v) is 9.29. The summed E-state index contributed by atoms with van der Waals surface area (Å²) in [6, 6.07) is 9.61. The first-order valence-electron chi connectivity index (χ1n) is 8.13. The molecule has 2 atom stereocenters. The van der Waals surface area contributed by atoms with E-state index in [2.05, 4.69) is 46.2 Å². The van der Waals surface area contributed by atoms with Gasteiger partial charge in [-0.3, -0.25) is 4.90 Å². The summed E-state index contributed by atoms with van der Waals surface area (Å²) >= 11 is 2.06. The van der Waals surface area contributed by atoms with Crippen molar-refractivity contribution in [2.45, 2.75) is 18.5 Å². The number of morpholine rings is 1. The molecule has 1 N–H and O–H groups in total. The van der Waals surface area contributed by atoms with Gasteiger partial charge in [-0.25, -0.2) is 0 Å². The molecule has 0 saturated carbocycles. The van der Waals surface area contributed by atoms with Crippen molar-refractivity contribution in [1.29, 1.82) is 0 Å². The van der Waals surface area contributed by atoms with Crippen LogP contribution in [0.25, 0.3) is 0 Å². The summed E-state index contributed by atoms with van der Waals surface area (Å²) in [6.45, 7) is 4.71. The highest BCUT2D eigenvalue weighted by molar-refractivity contribution is 7.99. The third kappa shape index (κ3) is 4.16. The van der Waals surface area contributed by atoms with E-state index in [-0.39, 0.29) is 0 Å². The van der Waals surface area contributed by atoms with Crippen LogP contribution >= 0.6 is 11.8 Å². The molecule has 1 aromatic carbocycles. The Balaban J connectivity index is 1.68. The predicted octanol–water partition coefficient (Wildman–Crippen LogP) is 2.16. The molecule has 1 aromatic rings. The van der Waals surface area contributed by atoms with Crippen molar-refractivity contribution in [2.75, 3.05) is 51.5 Å². The topological polar surface area (TPSA) is 33.7 Å². The lowest BCUT2D eigenvalue weighted by atomic mass is 10.0. The van der Waals surface area contributed by atoms with Crippen LogP contribution in [0.4, 0.5) is 0 Å². The van der Waals surface area contributed by atoms with Gasteiger partial charge in [0.1, 0.15) is 5.75 Å². The Morgan fingerprint density at radius 3 is 2.73 bits per heavy atom. The number of hydrogen-bond donors (Lipinski definition) is 1. The Morgan fingerprint density at radius 2 is 2.09 bits per heavy atom. The predicted molar refractivity (Wildman–Crippen MR) is 91.9 cm³/mol. The molecule has 0 aromatic heterocycles. The van der Waals surface area contributed by atoms with Gasteiger partial charge < -0.3 is 14.8 Å². The molecule has 0 bridgehead atoms. The third-order valence-corrected chi connectivity index (χ3v) is 5.68. The van der Waals surface area contributed by atoms with Gasteiger partial charge in [-0.15, -0.1) is 0 Å². The first kappa shape index (κ1) is 16.1. The van der Waals surface area contributed by atoms with Crippen LogP contribution in [0.15, 0.2) is 24.3 Å². The van der Waals surface area contributed by atoms with Gasteiger partial charge in [-0.2, -0.15) is 11.8 Å². The van der Waals surface area contributed by atoms with E-state index in [1.807, 2.05) is 0 Å². The van der Waals surface area contributed by atoms with Crippen molar-refractivity contribution in [1.82, 2.24) is 10.2 Å². The van der Waals surface area contributed by atoms with Crippen LogP contribution in [0.2, 0.25) is 0 Å². The number of benzene rings is 1. The smallest absolute Gasteiger partial charge is 0.118 e. The lowest BCUT2D eigenvalue weighted by molar-refractivity contribution is 0.0157. The zero-order chi connectivity index (χ0) is 15.2. The molecule has 2 heterocycles. The summed E-state index contributed by atoms with van der Waals surface area (Å²) in [7, 11) is 1.72. The van der Waals surface area contributed by atoms with E-state index in [9.17, 15) is 0 Å². The number of ether oxygens (including phenoxy) is 2. The Kier molecular flexibility index (Phi) is 6.01. The number of hydrogen-bond acceptors (Lipinski definition) is 5. The standard InChI is InChI=1S/C17H26N2O2S/c1-20-16-4-2-14(3-5-16)17(19-7-9-21-10-8-19)12-18-15-6-11-22-13-15/h2-5,15,17-18H,6-13H2,1H3. The van der Waals surface area contributed by atoms with Crippen LogP contribution < -0.4 is 10.1 Å². The van der Waals surface area contributed by atoms with E-state index in [1.54, 1.807) is 7.11 Å². The molecule has 2 aliphatic heterocycles. The van der Waals surface area contributed by atoms with Gasteiger partial charge in [0.15, 0.2) is 0 Å². The van der Waals surface area contributed by atoms with Gasteiger partial charge in [0.2, 0.25) is 0 Å². The molecule has 2 fully saturated rings. The van der Waals surface area contributed by atoms with Crippen LogP contribution in [0.3, 0.4) is 0 Å². The van der Waals surface area contributed by atoms with E-state index in [1.165, 1.54) is 23.5 Å². The zero-order valence-electron chi connectivity index (χ0n) is 13.3. The van der Waals surface area contributed by atoms with Crippen molar-refractivity contribution < 1.29 is 9.47 Å². The molecular formula is C17H26N2O2S. The maximum Gasteiger partial charge on any atom is 0.118 e. The van der Waals surface area contributed by atoms with Gasteiger partial charge in [-0.05, 0) is 29.9 Å². The minimum Gasteiger partial charge on any atom is -0.497 e. The summed E-state index contributed by atoms with van der Waals surface area (Å²) in [4.78, 5) is 2.54. The monoisotopic (exact) mass is 322 g/mol. The van der Waals surface area contributed by atoms with Crippen molar-refractivity contribution in [3.05, 3.63) is 29.8 Å². The first-order chi connectivity index (χ1) is 10.9. The van der Waals surface area contributed by atoms with E-state index in [0.29, 0.717) is 12.1 Å².